The molecule has 0 bridgehead atoms. The monoisotopic (exact) mass is 440 g/mol. The topological polar surface area (TPSA) is 93.0 Å². The summed E-state index contributed by atoms with van der Waals surface area (Å²) in [5.41, 5.74) is 4.81. The first kappa shape index (κ1) is 20.8. The number of rotatable bonds is 5. The first-order chi connectivity index (χ1) is 16.1. The number of aromatic nitrogens is 4. The molecule has 8 nitrogen and oxygen atoms in total. The molecule has 4 aromatic rings. The Morgan fingerprint density at radius 2 is 1.85 bits per heavy atom. The van der Waals surface area contributed by atoms with Crippen LogP contribution in [0.1, 0.15) is 44.8 Å². The van der Waals surface area contributed by atoms with Crippen LogP contribution in [-0.4, -0.2) is 49.3 Å². The van der Waals surface area contributed by atoms with Crippen molar-refractivity contribution < 1.29 is 9.59 Å². The number of hydrogen-bond donors (Lipinski definition) is 1. The van der Waals surface area contributed by atoms with Crippen molar-refractivity contribution in [2.24, 2.45) is 0 Å². The van der Waals surface area contributed by atoms with Crippen molar-refractivity contribution in [3.8, 4) is 0 Å². The highest BCUT2D eigenvalue weighted by molar-refractivity contribution is 6.06. The lowest BCUT2D eigenvalue weighted by Crippen LogP contribution is -2.27. The Bertz CT molecular complexity index is 1330. The van der Waals surface area contributed by atoms with Gasteiger partial charge in [0.1, 0.15) is 5.52 Å². The molecule has 1 aliphatic rings. The van der Waals surface area contributed by atoms with Crippen LogP contribution in [-0.2, 0) is 6.54 Å². The van der Waals surface area contributed by atoms with Gasteiger partial charge in [0.05, 0.1) is 24.1 Å². The summed E-state index contributed by atoms with van der Waals surface area (Å²) >= 11 is 0. The molecular formula is C25H24N6O2. The van der Waals surface area contributed by atoms with Gasteiger partial charge in [-0.25, -0.2) is 9.97 Å². The van der Waals surface area contributed by atoms with Crippen molar-refractivity contribution in [3.63, 3.8) is 0 Å². The number of carbonyl (C=O) groups excluding carboxylic acids is 2. The molecule has 3 aromatic heterocycles. The Labute approximate surface area is 191 Å². The average Bonchev–Trinajstić information content (AvgIpc) is 3.51. The zero-order valence-corrected chi connectivity index (χ0v) is 18.4. The maximum atomic E-state index is 12.9. The molecule has 166 valence electrons. The van der Waals surface area contributed by atoms with Crippen molar-refractivity contribution >= 4 is 28.7 Å². The number of nitrogens with one attached hydrogen (secondary N) is 1. The third-order valence-electron chi connectivity index (χ3n) is 5.89. The fourth-order valence-corrected chi connectivity index (χ4v) is 4.09. The van der Waals surface area contributed by atoms with E-state index >= 15 is 0 Å². The van der Waals surface area contributed by atoms with Crippen LogP contribution in [0, 0.1) is 6.92 Å². The maximum absolute atomic E-state index is 12.9. The lowest BCUT2D eigenvalue weighted by Gasteiger charge is -2.16. The summed E-state index contributed by atoms with van der Waals surface area (Å²) in [6, 6.07) is 12.9. The molecule has 33 heavy (non-hydrogen) atoms. The predicted octanol–water partition coefficient (Wildman–Crippen LogP) is 3.67. The Morgan fingerprint density at radius 1 is 1.00 bits per heavy atom. The first-order valence-corrected chi connectivity index (χ1v) is 11.0. The lowest BCUT2D eigenvalue weighted by atomic mass is 10.1. The van der Waals surface area contributed by atoms with Crippen molar-refractivity contribution in [2.45, 2.75) is 26.3 Å². The van der Waals surface area contributed by atoms with Crippen LogP contribution < -0.4 is 5.32 Å². The quantitative estimate of drug-likeness (QED) is 0.511. The SMILES string of the molecule is Cc1cc(C(=O)N2CCCC2)ccc1NC(=O)c1cnc2c(c1)ncn2Cc1ccccn1. The molecule has 1 saturated heterocycles. The van der Waals surface area contributed by atoms with Crippen LogP contribution in [0.5, 0.6) is 0 Å². The standard InChI is InChI=1S/C25H24N6O2/c1-17-12-18(25(33)30-10-4-5-11-30)7-8-21(17)29-24(32)19-13-22-23(27-14-19)31(16-28-22)15-20-6-2-3-9-26-20/h2-3,6-9,12-14,16H,4-5,10-11,15H2,1H3,(H,29,32). The number of anilines is 1. The number of nitrogens with zero attached hydrogens (tertiary/aromatic N) is 5. The fraction of sp³-hybridized carbons (Fsp3) is 0.240. The van der Waals surface area contributed by atoms with E-state index in [9.17, 15) is 9.59 Å². The number of benzene rings is 1. The summed E-state index contributed by atoms with van der Waals surface area (Å²) < 4.78 is 1.90. The molecule has 0 spiro atoms. The molecule has 1 N–H and O–H groups in total. The number of carbonyl (C=O) groups is 2. The number of aryl methyl sites for hydroxylation is 1. The van der Waals surface area contributed by atoms with Gasteiger partial charge in [-0.3, -0.25) is 14.6 Å². The smallest absolute Gasteiger partial charge is 0.257 e. The van der Waals surface area contributed by atoms with Gasteiger partial charge < -0.3 is 14.8 Å². The molecule has 4 heterocycles. The van der Waals surface area contributed by atoms with Crippen molar-refractivity contribution in [1.82, 2.24) is 24.4 Å². The van der Waals surface area contributed by atoms with Crippen molar-refractivity contribution in [3.05, 3.63) is 83.6 Å². The zero-order chi connectivity index (χ0) is 22.8. The fourth-order valence-electron chi connectivity index (χ4n) is 4.09. The van der Waals surface area contributed by atoms with Gasteiger partial charge in [-0.2, -0.15) is 0 Å². The van der Waals surface area contributed by atoms with Crippen molar-refractivity contribution in [1.29, 1.82) is 0 Å². The van der Waals surface area contributed by atoms with E-state index in [4.69, 9.17) is 0 Å². The molecular weight excluding hydrogens is 416 g/mol. The summed E-state index contributed by atoms with van der Waals surface area (Å²) in [7, 11) is 0. The first-order valence-electron chi connectivity index (χ1n) is 11.0. The normalized spacial score (nSPS) is 13.4. The van der Waals surface area contributed by atoms with E-state index in [-0.39, 0.29) is 11.8 Å². The van der Waals surface area contributed by atoms with Crippen LogP contribution in [0.3, 0.4) is 0 Å². The lowest BCUT2D eigenvalue weighted by molar-refractivity contribution is 0.0792. The van der Waals surface area contributed by atoms with Crippen LogP contribution in [0.25, 0.3) is 11.2 Å². The number of hydrogen-bond acceptors (Lipinski definition) is 5. The van der Waals surface area contributed by atoms with Gasteiger partial charge in [0.2, 0.25) is 0 Å². The van der Waals surface area contributed by atoms with Gasteiger partial charge in [0, 0.05) is 36.7 Å². The number of fused-ring (bicyclic) bond motifs is 1. The van der Waals surface area contributed by atoms with E-state index in [0.29, 0.717) is 34.5 Å². The van der Waals surface area contributed by atoms with Gasteiger partial charge in [-0.1, -0.05) is 6.07 Å². The molecule has 2 amide bonds. The molecule has 1 fully saturated rings. The van der Waals surface area contributed by atoms with Gasteiger partial charge in [-0.15, -0.1) is 0 Å². The summed E-state index contributed by atoms with van der Waals surface area (Å²) in [5.74, 6) is -0.227. The van der Waals surface area contributed by atoms with Crippen LogP contribution in [0.2, 0.25) is 0 Å². The van der Waals surface area contributed by atoms with E-state index in [2.05, 4.69) is 20.3 Å². The van der Waals surface area contributed by atoms with Gasteiger partial charge in [-0.05, 0) is 61.7 Å². The molecule has 1 aromatic carbocycles. The Balaban J connectivity index is 1.31. The Kier molecular flexibility index (Phi) is 5.56. The second kappa shape index (κ2) is 8.82. The second-order valence-corrected chi connectivity index (χ2v) is 8.24. The third-order valence-corrected chi connectivity index (χ3v) is 5.89. The molecule has 0 radical (unpaired) electrons. The summed E-state index contributed by atoms with van der Waals surface area (Å²) in [6.07, 6.45) is 7.11. The highest BCUT2D eigenvalue weighted by Crippen LogP contribution is 2.21. The predicted molar refractivity (Wildman–Crippen MR) is 125 cm³/mol. The second-order valence-electron chi connectivity index (χ2n) is 8.24. The highest BCUT2D eigenvalue weighted by Gasteiger charge is 2.20. The van der Waals surface area contributed by atoms with E-state index in [0.717, 1.165) is 37.2 Å². The number of imidazole rings is 1. The highest BCUT2D eigenvalue weighted by atomic mass is 16.2. The molecule has 0 atom stereocenters. The van der Waals surface area contributed by atoms with Crippen LogP contribution in [0.4, 0.5) is 5.69 Å². The Hall–Kier alpha value is -4.07. The minimum atomic E-state index is -0.273. The minimum Gasteiger partial charge on any atom is -0.339 e. The molecule has 0 aliphatic carbocycles. The summed E-state index contributed by atoms with van der Waals surface area (Å²) in [6.45, 7) is 4.06. The summed E-state index contributed by atoms with van der Waals surface area (Å²) in [5, 5.41) is 2.93. The number of pyridine rings is 2. The minimum absolute atomic E-state index is 0.0458. The third kappa shape index (κ3) is 4.32. The molecule has 0 saturated carbocycles. The largest absolute Gasteiger partial charge is 0.339 e. The van der Waals surface area contributed by atoms with E-state index in [1.807, 2.05) is 40.7 Å². The summed E-state index contributed by atoms with van der Waals surface area (Å²) in [4.78, 5) is 40.6. The van der Waals surface area contributed by atoms with Crippen LogP contribution in [0.15, 0.2) is 61.2 Å². The van der Waals surface area contributed by atoms with Gasteiger partial charge >= 0.3 is 0 Å². The van der Waals surface area contributed by atoms with Gasteiger partial charge in [0.25, 0.3) is 11.8 Å². The van der Waals surface area contributed by atoms with E-state index in [1.165, 1.54) is 0 Å². The van der Waals surface area contributed by atoms with Gasteiger partial charge in [0.15, 0.2) is 5.65 Å². The maximum Gasteiger partial charge on any atom is 0.257 e. The zero-order valence-electron chi connectivity index (χ0n) is 18.4. The molecule has 1 aliphatic heterocycles. The van der Waals surface area contributed by atoms with E-state index in [1.54, 1.807) is 36.9 Å². The van der Waals surface area contributed by atoms with Crippen molar-refractivity contribution in [2.75, 3.05) is 18.4 Å². The number of amides is 2. The molecule has 8 heteroatoms. The Morgan fingerprint density at radius 3 is 2.61 bits per heavy atom. The molecule has 5 rings (SSSR count). The van der Waals surface area contributed by atoms with E-state index < -0.39 is 0 Å². The van der Waals surface area contributed by atoms with Crippen LogP contribution >= 0.6 is 0 Å². The number of likely N-dealkylation sites (tertiary alicyclic amines) is 1. The molecule has 0 unspecified atom stereocenters. The average molecular weight is 441 g/mol.